The van der Waals surface area contributed by atoms with E-state index in [1.54, 1.807) is 13.2 Å². The third kappa shape index (κ3) is 4.94. The van der Waals surface area contributed by atoms with E-state index in [4.69, 9.17) is 4.74 Å². The third-order valence-corrected chi connectivity index (χ3v) is 4.44. The SMILES string of the molecule is COc1cccc(CN2CCN(C(=O)/C=C/c3ccccc3)CC2)c1. The fourth-order valence-electron chi connectivity index (χ4n) is 2.99. The van der Waals surface area contributed by atoms with Gasteiger partial charge in [0.1, 0.15) is 5.75 Å². The number of methoxy groups -OCH3 is 1. The minimum atomic E-state index is 0.0879. The highest BCUT2D eigenvalue weighted by Crippen LogP contribution is 2.15. The molecule has 130 valence electrons. The molecule has 1 aliphatic heterocycles. The average Bonchev–Trinajstić information content (AvgIpc) is 2.67. The van der Waals surface area contributed by atoms with Gasteiger partial charge in [0, 0.05) is 38.8 Å². The monoisotopic (exact) mass is 336 g/mol. The van der Waals surface area contributed by atoms with E-state index in [1.165, 1.54) is 5.56 Å². The highest BCUT2D eigenvalue weighted by Gasteiger charge is 2.19. The topological polar surface area (TPSA) is 32.8 Å². The molecule has 2 aromatic rings. The minimum Gasteiger partial charge on any atom is -0.497 e. The van der Waals surface area contributed by atoms with E-state index in [0.29, 0.717) is 0 Å². The average molecular weight is 336 g/mol. The number of amides is 1. The number of hydrogen-bond acceptors (Lipinski definition) is 3. The molecule has 0 aromatic heterocycles. The molecular weight excluding hydrogens is 312 g/mol. The lowest BCUT2D eigenvalue weighted by atomic mass is 10.2. The summed E-state index contributed by atoms with van der Waals surface area (Å²) in [6.45, 7) is 4.20. The Morgan fingerprint density at radius 2 is 1.80 bits per heavy atom. The zero-order valence-electron chi connectivity index (χ0n) is 14.6. The van der Waals surface area contributed by atoms with Gasteiger partial charge in [-0.15, -0.1) is 0 Å². The summed E-state index contributed by atoms with van der Waals surface area (Å²) in [7, 11) is 1.69. The largest absolute Gasteiger partial charge is 0.497 e. The number of carbonyl (C=O) groups excluding carboxylic acids is 1. The highest BCUT2D eigenvalue weighted by atomic mass is 16.5. The van der Waals surface area contributed by atoms with Gasteiger partial charge in [0.15, 0.2) is 0 Å². The van der Waals surface area contributed by atoms with E-state index in [1.807, 2.05) is 53.4 Å². The van der Waals surface area contributed by atoms with Crippen LogP contribution in [0.2, 0.25) is 0 Å². The van der Waals surface area contributed by atoms with E-state index < -0.39 is 0 Å². The zero-order valence-corrected chi connectivity index (χ0v) is 14.6. The Balaban J connectivity index is 1.49. The van der Waals surface area contributed by atoms with Gasteiger partial charge in [0.25, 0.3) is 0 Å². The van der Waals surface area contributed by atoms with Gasteiger partial charge >= 0.3 is 0 Å². The lowest BCUT2D eigenvalue weighted by Crippen LogP contribution is -2.47. The Kier molecular flexibility index (Phi) is 5.86. The summed E-state index contributed by atoms with van der Waals surface area (Å²) >= 11 is 0. The lowest BCUT2D eigenvalue weighted by molar-refractivity contribution is -0.127. The van der Waals surface area contributed by atoms with Crippen LogP contribution in [0, 0.1) is 0 Å². The van der Waals surface area contributed by atoms with Crippen LogP contribution < -0.4 is 4.74 Å². The summed E-state index contributed by atoms with van der Waals surface area (Å²) in [5.41, 5.74) is 2.29. The van der Waals surface area contributed by atoms with Gasteiger partial charge in [0.05, 0.1) is 7.11 Å². The Bertz CT molecular complexity index is 720. The molecule has 1 amide bonds. The predicted octanol–water partition coefficient (Wildman–Crippen LogP) is 3.05. The van der Waals surface area contributed by atoms with Crippen LogP contribution in [0.4, 0.5) is 0 Å². The Labute approximate surface area is 149 Å². The normalized spacial score (nSPS) is 15.5. The van der Waals surface area contributed by atoms with Gasteiger partial charge < -0.3 is 9.64 Å². The van der Waals surface area contributed by atoms with Gasteiger partial charge in [-0.05, 0) is 29.3 Å². The van der Waals surface area contributed by atoms with Crippen LogP contribution in [-0.4, -0.2) is 49.0 Å². The van der Waals surface area contributed by atoms with Gasteiger partial charge in [-0.25, -0.2) is 0 Å². The fourth-order valence-corrected chi connectivity index (χ4v) is 2.99. The molecule has 25 heavy (non-hydrogen) atoms. The lowest BCUT2D eigenvalue weighted by Gasteiger charge is -2.34. The molecule has 4 heteroatoms. The molecule has 0 spiro atoms. The van der Waals surface area contributed by atoms with Crippen molar-refractivity contribution in [1.82, 2.24) is 9.80 Å². The smallest absolute Gasteiger partial charge is 0.246 e. The molecule has 0 bridgehead atoms. The number of rotatable bonds is 5. The van der Waals surface area contributed by atoms with Crippen molar-refractivity contribution in [1.29, 1.82) is 0 Å². The molecule has 1 fully saturated rings. The third-order valence-electron chi connectivity index (χ3n) is 4.44. The van der Waals surface area contributed by atoms with E-state index in [9.17, 15) is 4.79 Å². The van der Waals surface area contributed by atoms with Crippen LogP contribution >= 0.6 is 0 Å². The van der Waals surface area contributed by atoms with Crippen molar-refractivity contribution in [3.05, 3.63) is 71.8 Å². The molecule has 2 aromatic carbocycles. The predicted molar refractivity (Wildman–Crippen MR) is 100 cm³/mol. The van der Waals surface area contributed by atoms with Crippen molar-refractivity contribution in [2.24, 2.45) is 0 Å². The molecule has 1 heterocycles. The molecular formula is C21H24N2O2. The first-order chi connectivity index (χ1) is 12.2. The highest BCUT2D eigenvalue weighted by molar-refractivity contribution is 5.91. The minimum absolute atomic E-state index is 0.0879. The van der Waals surface area contributed by atoms with E-state index in [-0.39, 0.29) is 5.91 Å². The van der Waals surface area contributed by atoms with Crippen LogP contribution in [0.5, 0.6) is 5.75 Å². The van der Waals surface area contributed by atoms with Gasteiger partial charge in [-0.3, -0.25) is 9.69 Å². The van der Waals surface area contributed by atoms with Gasteiger partial charge in [0.2, 0.25) is 5.91 Å². The molecule has 3 rings (SSSR count). The van der Waals surface area contributed by atoms with Crippen molar-refractivity contribution in [2.45, 2.75) is 6.54 Å². The number of nitrogens with zero attached hydrogens (tertiary/aromatic N) is 2. The standard InChI is InChI=1S/C21H24N2O2/c1-25-20-9-5-8-19(16-20)17-22-12-14-23(15-13-22)21(24)11-10-18-6-3-2-4-7-18/h2-11,16H,12-15,17H2,1H3/b11-10+. The molecule has 1 saturated heterocycles. The molecule has 0 radical (unpaired) electrons. The van der Waals surface area contributed by atoms with Crippen molar-refractivity contribution < 1.29 is 9.53 Å². The first kappa shape index (κ1) is 17.2. The summed E-state index contributed by atoms with van der Waals surface area (Å²) in [6.07, 6.45) is 3.55. The van der Waals surface area contributed by atoms with Crippen LogP contribution in [0.3, 0.4) is 0 Å². The summed E-state index contributed by atoms with van der Waals surface area (Å²) in [4.78, 5) is 16.6. The second-order valence-corrected chi connectivity index (χ2v) is 6.20. The quantitative estimate of drug-likeness (QED) is 0.787. The Morgan fingerprint density at radius 1 is 1.04 bits per heavy atom. The maximum absolute atomic E-state index is 12.3. The Hall–Kier alpha value is -2.59. The second-order valence-electron chi connectivity index (χ2n) is 6.20. The maximum Gasteiger partial charge on any atom is 0.246 e. The van der Waals surface area contributed by atoms with Crippen molar-refractivity contribution in [2.75, 3.05) is 33.3 Å². The molecule has 0 aliphatic carbocycles. The summed E-state index contributed by atoms with van der Waals surface area (Å²) in [5, 5.41) is 0. The van der Waals surface area contributed by atoms with Crippen LogP contribution in [0.25, 0.3) is 6.08 Å². The molecule has 0 atom stereocenters. The van der Waals surface area contributed by atoms with Crippen LogP contribution in [0.1, 0.15) is 11.1 Å². The number of carbonyl (C=O) groups is 1. The first-order valence-corrected chi connectivity index (χ1v) is 8.62. The maximum atomic E-state index is 12.3. The molecule has 0 N–H and O–H groups in total. The number of ether oxygens (including phenoxy) is 1. The van der Waals surface area contributed by atoms with Gasteiger partial charge in [-0.2, -0.15) is 0 Å². The van der Waals surface area contributed by atoms with Crippen molar-refractivity contribution >= 4 is 12.0 Å². The molecule has 1 aliphatic rings. The summed E-state index contributed by atoms with van der Waals surface area (Å²) in [5.74, 6) is 0.974. The van der Waals surface area contributed by atoms with E-state index >= 15 is 0 Å². The fraction of sp³-hybridized carbons (Fsp3) is 0.286. The second kappa shape index (κ2) is 8.49. The van der Waals surface area contributed by atoms with Crippen molar-refractivity contribution in [3.8, 4) is 5.75 Å². The van der Waals surface area contributed by atoms with E-state index in [2.05, 4.69) is 17.0 Å². The van der Waals surface area contributed by atoms with Crippen molar-refractivity contribution in [3.63, 3.8) is 0 Å². The first-order valence-electron chi connectivity index (χ1n) is 8.62. The summed E-state index contributed by atoms with van der Waals surface area (Å²) < 4.78 is 5.28. The number of piperazine rings is 1. The van der Waals surface area contributed by atoms with Gasteiger partial charge in [-0.1, -0.05) is 42.5 Å². The Morgan fingerprint density at radius 3 is 2.52 bits per heavy atom. The summed E-state index contributed by atoms with van der Waals surface area (Å²) in [6, 6.07) is 18.1. The van der Waals surface area contributed by atoms with Crippen LogP contribution in [-0.2, 0) is 11.3 Å². The molecule has 0 unspecified atom stereocenters. The van der Waals surface area contributed by atoms with E-state index in [0.717, 1.165) is 44.0 Å². The van der Waals surface area contributed by atoms with Crippen LogP contribution in [0.15, 0.2) is 60.7 Å². The number of benzene rings is 2. The molecule has 4 nitrogen and oxygen atoms in total. The zero-order chi connectivity index (χ0) is 17.5. The molecule has 0 saturated carbocycles. The number of hydrogen-bond donors (Lipinski definition) is 0.